The molecule has 0 aromatic rings. The van der Waals surface area contributed by atoms with Crippen LogP contribution in [0, 0.1) is 0 Å². The minimum absolute atomic E-state index is 0.248. The number of morpholine rings is 1. The summed E-state index contributed by atoms with van der Waals surface area (Å²) < 4.78 is 31.9. The van der Waals surface area contributed by atoms with Gasteiger partial charge in [0.2, 0.25) is 0 Å². The Hall–Kier alpha value is -0.170. The van der Waals surface area contributed by atoms with Gasteiger partial charge in [-0.25, -0.2) is 0 Å². The Kier molecular flexibility index (Phi) is 3.30. The summed E-state index contributed by atoms with van der Waals surface area (Å²) in [6, 6.07) is 0. The van der Waals surface area contributed by atoms with Crippen LogP contribution >= 0.6 is 0 Å². The molecule has 2 aliphatic rings. The van der Waals surface area contributed by atoms with Gasteiger partial charge in [-0.05, 0) is 12.8 Å². The second-order valence-electron chi connectivity index (χ2n) is 4.24. The average molecular weight is 235 g/mol. The first-order chi connectivity index (χ1) is 7.03. The molecule has 0 amide bonds. The smallest absolute Gasteiger partial charge is 0.264 e. The number of likely N-dealkylation sites (tertiary alicyclic amines) is 1. The van der Waals surface area contributed by atoms with Gasteiger partial charge in [0.25, 0.3) is 10.1 Å². The molecule has 0 aliphatic carbocycles. The molecule has 2 unspecified atom stereocenters. The lowest BCUT2D eigenvalue weighted by Crippen LogP contribution is -2.44. The Morgan fingerprint density at radius 3 is 2.47 bits per heavy atom. The Bertz CT molecular complexity index is 304. The molecule has 5 nitrogen and oxygen atoms in total. The Morgan fingerprint density at radius 2 is 1.93 bits per heavy atom. The number of hydrogen-bond acceptors (Lipinski definition) is 5. The lowest BCUT2D eigenvalue weighted by atomic mass is 10.2. The lowest BCUT2D eigenvalue weighted by Gasteiger charge is -2.31. The van der Waals surface area contributed by atoms with Crippen LogP contribution in [-0.4, -0.2) is 58.0 Å². The third-order valence-corrected chi connectivity index (χ3v) is 3.42. The quantitative estimate of drug-likeness (QED) is 0.633. The van der Waals surface area contributed by atoms with Crippen molar-refractivity contribution in [1.82, 2.24) is 4.90 Å². The predicted molar refractivity (Wildman–Crippen MR) is 55.1 cm³/mol. The summed E-state index contributed by atoms with van der Waals surface area (Å²) in [4.78, 5) is 2.22. The minimum Gasteiger partial charge on any atom is -0.372 e. The van der Waals surface area contributed by atoms with Crippen LogP contribution in [0.4, 0.5) is 0 Å². The van der Waals surface area contributed by atoms with E-state index in [-0.39, 0.29) is 6.61 Å². The molecule has 2 heterocycles. The fraction of sp³-hybridized carbons (Fsp3) is 1.00. The van der Waals surface area contributed by atoms with E-state index in [0.29, 0.717) is 18.8 Å². The molecule has 0 N–H and O–H groups in total. The van der Waals surface area contributed by atoms with E-state index in [1.54, 1.807) is 0 Å². The first-order valence-electron chi connectivity index (χ1n) is 5.25. The van der Waals surface area contributed by atoms with Crippen LogP contribution in [0.3, 0.4) is 0 Å². The normalized spacial score (nSPS) is 32.1. The summed E-state index contributed by atoms with van der Waals surface area (Å²) in [5.74, 6) is 0. The molecular weight excluding hydrogens is 218 g/mol. The summed E-state index contributed by atoms with van der Waals surface area (Å²) in [6.07, 6.45) is 4.04. The molecule has 0 spiro atoms. The van der Waals surface area contributed by atoms with Crippen molar-refractivity contribution >= 4 is 10.1 Å². The van der Waals surface area contributed by atoms with Crippen molar-refractivity contribution in [2.75, 3.05) is 32.5 Å². The van der Waals surface area contributed by atoms with Crippen LogP contribution in [0.25, 0.3) is 0 Å². The summed E-state index contributed by atoms with van der Waals surface area (Å²) in [5, 5.41) is 0. The topological polar surface area (TPSA) is 55.8 Å². The highest BCUT2D eigenvalue weighted by Crippen LogP contribution is 2.25. The molecule has 2 bridgehead atoms. The maximum Gasteiger partial charge on any atom is 0.264 e. The molecule has 2 fully saturated rings. The van der Waals surface area contributed by atoms with Gasteiger partial charge in [-0.2, -0.15) is 8.42 Å². The Morgan fingerprint density at radius 1 is 1.33 bits per heavy atom. The maximum absolute atomic E-state index is 10.7. The van der Waals surface area contributed by atoms with E-state index in [4.69, 9.17) is 8.92 Å². The molecule has 2 aliphatic heterocycles. The van der Waals surface area contributed by atoms with Gasteiger partial charge in [-0.3, -0.25) is 9.08 Å². The van der Waals surface area contributed by atoms with Gasteiger partial charge in [-0.1, -0.05) is 0 Å². The molecule has 0 saturated carbocycles. The van der Waals surface area contributed by atoms with Crippen LogP contribution in [0.1, 0.15) is 12.8 Å². The fourth-order valence-electron chi connectivity index (χ4n) is 2.20. The van der Waals surface area contributed by atoms with Gasteiger partial charge < -0.3 is 4.74 Å². The molecule has 6 heteroatoms. The zero-order chi connectivity index (χ0) is 10.9. The van der Waals surface area contributed by atoms with E-state index in [1.807, 2.05) is 0 Å². The van der Waals surface area contributed by atoms with Crippen molar-refractivity contribution in [3.8, 4) is 0 Å². The van der Waals surface area contributed by atoms with Gasteiger partial charge in [0.05, 0.1) is 25.1 Å². The number of fused-ring (bicyclic) bond motifs is 2. The second kappa shape index (κ2) is 4.37. The van der Waals surface area contributed by atoms with Crippen molar-refractivity contribution in [2.45, 2.75) is 25.0 Å². The molecular formula is C9H17NO4S. The van der Waals surface area contributed by atoms with Crippen LogP contribution in [0.15, 0.2) is 0 Å². The van der Waals surface area contributed by atoms with Gasteiger partial charge in [0, 0.05) is 19.6 Å². The zero-order valence-corrected chi connectivity index (χ0v) is 9.70. The molecule has 0 aromatic carbocycles. The van der Waals surface area contributed by atoms with Gasteiger partial charge >= 0.3 is 0 Å². The predicted octanol–water partition coefficient (Wildman–Crippen LogP) is -0.174. The van der Waals surface area contributed by atoms with Gasteiger partial charge in [0.15, 0.2) is 0 Å². The number of ether oxygens (including phenoxy) is 1. The van der Waals surface area contributed by atoms with Gasteiger partial charge in [-0.15, -0.1) is 0 Å². The first-order valence-corrected chi connectivity index (χ1v) is 7.07. The highest BCUT2D eigenvalue weighted by Gasteiger charge is 2.33. The molecule has 0 aromatic heterocycles. The summed E-state index contributed by atoms with van der Waals surface area (Å²) >= 11 is 0. The standard InChI is InChI=1S/C9H17NO4S/c1-15(11,12)13-5-4-10-6-8-2-3-9(7-10)14-8/h8-9H,2-7H2,1H3. The van der Waals surface area contributed by atoms with E-state index < -0.39 is 10.1 Å². The van der Waals surface area contributed by atoms with Crippen molar-refractivity contribution < 1.29 is 17.3 Å². The zero-order valence-electron chi connectivity index (χ0n) is 8.89. The molecule has 88 valence electrons. The van der Waals surface area contributed by atoms with Crippen molar-refractivity contribution in [2.24, 2.45) is 0 Å². The minimum atomic E-state index is -3.29. The van der Waals surface area contributed by atoms with E-state index in [9.17, 15) is 8.42 Å². The third kappa shape index (κ3) is 3.41. The Labute approximate surface area is 90.5 Å². The van der Waals surface area contributed by atoms with Crippen molar-refractivity contribution in [3.63, 3.8) is 0 Å². The maximum atomic E-state index is 10.7. The molecule has 2 rings (SSSR count). The van der Waals surface area contributed by atoms with E-state index in [2.05, 4.69) is 4.90 Å². The number of nitrogens with zero attached hydrogens (tertiary/aromatic N) is 1. The molecule has 0 radical (unpaired) electrons. The third-order valence-electron chi connectivity index (χ3n) is 2.82. The van der Waals surface area contributed by atoms with E-state index in [1.165, 1.54) is 0 Å². The lowest BCUT2D eigenvalue weighted by molar-refractivity contribution is -0.0406. The van der Waals surface area contributed by atoms with Crippen molar-refractivity contribution in [1.29, 1.82) is 0 Å². The largest absolute Gasteiger partial charge is 0.372 e. The summed E-state index contributed by atoms with van der Waals surface area (Å²) in [5.41, 5.74) is 0. The van der Waals surface area contributed by atoms with Gasteiger partial charge in [0.1, 0.15) is 0 Å². The fourth-order valence-corrected chi connectivity index (χ4v) is 2.58. The first kappa shape index (κ1) is 11.3. The van der Waals surface area contributed by atoms with E-state index >= 15 is 0 Å². The molecule has 15 heavy (non-hydrogen) atoms. The van der Waals surface area contributed by atoms with Crippen LogP contribution in [0.2, 0.25) is 0 Å². The highest BCUT2D eigenvalue weighted by atomic mass is 32.2. The summed E-state index contributed by atoms with van der Waals surface area (Å²) in [7, 11) is -3.29. The Balaban J connectivity index is 1.72. The van der Waals surface area contributed by atoms with E-state index in [0.717, 1.165) is 32.2 Å². The monoisotopic (exact) mass is 235 g/mol. The molecule has 2 atom stereocenters. The van der Waals surface area contributed by atoms with Crippen LogP contribution < -0.4 is 0 Å². The summed E-state index contributed by atoms with van der Waals surface area (Å²) in [6.45, 7) is 2.73. The average Bonchev–Trinajstić information content (AvgIpc) is 2.43. The molecule has 2 saturated heterocycles. The number of rotatable bonds is 4. The van der Waals surface area contributed by atoms with Crippen LogP contribution in [-0.2, 0) is 19.0 Å². The second-order valence-corrected chi connectivity index (χ2v) is 5.89. The highest BCUT2D eigenvalue weighted by molar-refractivity contribution is 7.85. The SMILES string of the molecule is CS(=O)(=O)OCCN1CC2CCC(C1)O2. The van der Waals surface area contributed by atoms with Crippen LogP contribution in [0.5, 0.6) is 0 Å². The van der Waals surface area contributed by atoms with Crippen molar-refractivity contribution in [3.05, 3.63) is 0 Å². The number of hydrogen-bond donors (Lipinski definition) is 0.